The molecule has 1 aromatic carbocycles. The van der Waals surface area contributed by atoms with E-state index < -0.39 is 0 Å². The molecule has 148 valence electrons. The first-order chi connectivity index (χ1) is 13.8. The molecule has 28 heavy (non-hydrogen) atoms. The molecule has 0 radical (unpaired) electrons. The van der Waals surface area contributed by atoms with Crippen LogP contribution in [0.25, 0.3) is 4.96 Å². The summed E-state index contributed by atoms with van der Waals surface area (Å²) < 4.78 is 8.00. The monoisotopic (exact) mass is 397 g/mol. The number of guanidine groups is 1. The fraction of sp³-hybridized carbons (Fsp3) is 0.429. The lowest BCUT2D eigenvalue weighted by molar-refractivity contribution is 0.0906. The Morgan fingerprint density at radius 1 is 1.36 bits per heavy atom. The van der Waals surface area contributed by atoms with Crippen LogP contribution < -0.4 is 5.32 Å². The number of aromatic nitrogens is 2. The number of nitrogens with one attached hydrogen (secondary N) is 1. The Kier molecular flexibility index (Phi) is 6.24. The average Bonchev–Trinajstić information content (AvgIpc) is 3.42. The fourth-order valence-corrected chi connectivity index (χ4v) is 4.23. The lowest BCUT2D eigenvalue weighted by Crippen LogP contribution is -2.40. The summed E-state index contributed by atoms with van der Waals surface area (Å²) in [5, 5.41) is 5.47. The van der Waals surface area contributed by atoms with E-state index in [4.69, 9.17) is 9.73 Å². The van der Waals surface area contributed by atoms with Gasteiger partial charge in [-0.3, -0.25) is 4.40 Å². The molecular weight excluding hydrogens is 370 g/mol. The smallest absolute Gasteiger partial charge is 0.194 e. The van der Waals surface area contributed by atoms with Crippen molar-refractivity contribution in [2.24, 2.45) is 10.9 Å². The van der Waals surface area contributed by atoms with Crippen molar-refractivity contribution in [2.75, 3.05) is 26.2 Å². The molecule has 2 aromatic heterocycles. The van der Waals surface area contributed by atoms with E-state index in [2.05, 4.69) is 57.0 Å². The van der Waals surface area contributed by atoms with E-state index in [9.17, 15) is 0 Å². The van der Waals surface area contributed by atoms with Crippen molar-refractivity contribution in [1.82, 2.24) is 19.6 Å². The van der Waals surface area contributed by atoms with Gasteiger partial charge in [0, 0.05) is 43.3 Å². The van der Waals surface area contributed by atoms with Gasteiger partial charge in [-0.1, -0.05) is 30.3 Å². The van der Waals surface area contributed by atoms with E-state index in [1.807, 2.05) is 17.6 Å². The van der Waals surface area contributed by atoms with Gasteiger partial charge in [-0.25, -0.2) is 9.98 Å². The number of nitrogens with zero attached hydrogens (tertiary/aromatic N) is 4. The van der Waals surface area contributed by atoms with Crippen molar-refractivity contribution < 1.29 is 4.74 Å². The van der Waals surface area contributed by atoms with Crippen LogP contribution >= 0.6 is 11.3 Å². The predicted molar refractivity (Wildman–Crippen MR) is 114 cm³/mol. The topological polar surface area (TPSA) is 54.2 Å². The fourth-order valence-electron chi connectivity index (χ4n) is 3.51. The highest BCUT2D eigenvalue weighted by atomic mass is 32.1. The quantitative estimate of drug-likeness (QED) is 0.490. The molecule has 6 nitrogen and oxygen atoms in total. The molecule has 1 atom stereocenters. The van der Waals surface area contributed by atoms with Crippen LogP contribution in [0, 0.1) is 5.92 Å². The number of thiazole rings is 1. The normalized spacial score (nSPS) is 17.5. The minimum absolute atomic E-state index is 0.547. The molecule has 0 spiro atoms. The first-order valence-electron chi connectivity index (χ1n) is 9.88. The van der Waals surface area contributed by atoms with Crippen molar-refractivity contribution in [3.05, 3.63) is 59.4 Å². The minimum Gasteiger partial charge on any atom is -0.376 e. The van der Waals surface area contributed by atoms with Crippen LogP contribution in [0.5, 0.6) is 0 Å². The third-order valence-electron chi connectivity index (χ3n) is 4.92. The number of hydrogen-bond donors (Lipinski definition) is 1. The van der Waals surface area contributed by atoms with E-state index in [1.165, 1.54) is 5.56 Å². The van der Waals surface area contributed by atoms with Crippen LogP contribution in [-0.2, 0) is 17.9 Å². The molecule has 0 bridgehead atoms. The van der Waals surface area contributed by atoms with E-state index >= 15 is 0 Å². The van der Waals surface area contributed by atoms with E-state index in [1.54, 1.807) is 11.3 Å². The van der Waals surface area contributed by atoms with Crippen molar-refractivity contribution >= 4 is 22.3 Å². The number of likely N-dealkylation sites (tertiary alicyclic amines) is 1. The molecule has 0 aliphatic carbocycles. The number of benzene rings is 1. The first-order valence-corrected chi connectivity index (χ1v) is 10.8. The summed E-state index contributed by atoms with van der Waals surface area (Å²) in [4.78, 5) is 12.8. The molecule has 7 heteroatoms. The van der Waals surface area contributed by atoms with Crippen molar-refractivity contribution in [2.45, 2.75) is 26.5 Å². The zero-order valence-corrected chi connectivity index (χ0v) is 17.1. The molecule has 1 fully saturated rings. The lowest BCUT2D eigenvalue weighted by atomic mass is 10.1. The lowest BCUT2D eigenvalue weighted by Gasteiger charge is -2.21. The average molecular weight is 398 g/mol. The highest BCUT2D eigenvalue weighted by Crippen LogP contribution is 2.18. The Balaban J connectivity index is 1.30. The third kappa shape index (κ3) is 4.72. The Labute approximate surface area is 169 Å². The SMILES string of the molecule is CCNC(=NCc1cn2ccsc2n1)N1CCC(COCc2ccccc2)C1. The second kappa shape index (κ2) is 9.21. The number of ether oxygens (including phenoxy) is 1. The van der Waals surface area contributed by atoms with Gasteiger partial charge >= 0.3 is 0 Å². The van der Waals surface area contributed by atoms with Crippen LogP contribution in [0.1, 0.15) is 24.6 Å². The number of hydrogen-bond acceptors (Lipinski definition) is 4. The van der Waals surface area contributed by atoms with E-state index in [0.717, 1.165) is 49.3 Å². The van der Waals surface area contributed by atoms with Crippen LogP contribution in [0.4, 0.5) is 0 Å². The molecule has 3 aromatic rings. The van der Waals surface area contributed by atoms with Crippen LogP contribution in [0.3, 0.4) is 0 Å². The second-order valence-corrected chi connectivity index (χ2v) is 7.97. The molecule has 1 aliphatic rings. The molecule has 0 saturated carbocycles. The summed E-state index contributed by atoms with van der Waals surface area (Å²) in [5.74, 6) is 1.52. The highest BCUT2D eigenvalue weighted by Gasteiger charge is 2.25. The Hall–Kier alpha value is -2.38. The minimum atomic E-state index is 0.547. The van der Waals surface area contributed by atoms with Gasteiger partial charge in [-0.15, -0.1) is 11.3 Å². The van der Waals surface area contributed by atoms with Crippen LogP contribution in [0.15, 0.2) is 53.1 Å². The predicted octanol–water partition coefficient (Wildman–Crippen LogP) is 3.40. The summed E-state index contributed by atoms with van der Waals surface area (Å²) in [6, 6.07) is 10.4. The molecule has 1 saturated heterocycles. The maximum absolute atomic E-state index is 5.95. The van der Waals surface area contributed by atoms with Gasteiger partial charge in [0.15, 0.2) is 10.9 Å². The summed E-state index contributed by atoms with van der Waals surface area (Å²) >= 11 is 1.65. The molecule has 0 amide bonds. The zero-order valence-electron chi connectivity index (χ0n) is 16.3. The van der Waals surface area contributed by atoms with E-state index in [0.29, 0.717) is 19.1 Å². The molecular formula is C21H27N5OS. The summed E-state index contributed by atoms with van der Waals surface area (Å²) in [6.07, 6.45) is 5.23. The van der Waals surface area contributed by atoms with Crippen LogP contribution in [0.2, 0.25) is 0 Å². The first kappa shape index (κ1) is 19.0. The van der Waals surface area contributed by atoms with Gasteiger partial charge < -0.3 is 15.0 Å². The standard InChI is InChI=1S/C21H27N5OS/c1-2-22-20(23-12-19-14-26-10-11-28-21(26)24-19)25-9-8-18(13-25)16-27-15-17-6-4-3-5-7-17/h3-7,10-11,14,18H,2,8-9,12-13,15-16H2,1H3,(H,22,23). The van der Waals surface area contributed by atoms with Gasteiger partial charge in [0.05, 0.1) is 25.5 Å². The zero-order chi connectivity index (χ0) is 19.2. The number of rotatable bonds is 7. The molecule has 3 heterocycles. The number of imidazole rings is 1. The summed E-state index contributed by atoms with van der Waals surface area (Å²) in [5.41, 5.74) is 2.23. The van der Waals surface area contributed by atoms with E-state index in [-0.39, 0.29) is 0 Å². The Morgan fingerprint density at radius 3 is 3.07 bits per heavy atom. The molecule has 1 aliphatic heterocycles. The third-order valence-corrected chi connectivity index (χ3v) is 5.69. The molecule has 1 N–H and O–H groups in total. The van der Waals surface area contributed by atoms with Gasteiger partial charge in [-0.2, -0.15) is 0 Å². The van der Waals surface area contributed by atoms with Gasteiger partial charge in [-0.05, 0) is 18.9 Å². The van der Waals surface area contributed by atoms with Crippen LogP contribution in [-0.4, -0.2) is 46.5 Å². The highest BCUT2D eigenvalue weighted by molar-refractivity contribution is 7.15. The second-order valence-electron chi connectivity index (χ2n) is 7.10. The Morgan fingerprint density at radius 2 is 2.25 bits per heavy atom. The largest absolute Gasteiger partial charge is 0.376 e. The molecule has 4 rings (SSSR count). The summed E-state index contributed by atoms with van der Waals surface area (Å²) in [6.45, 7) is 7.05. The van der Waals surface area contributed by atoms with Gasteiger partial charge in [0.25, 0.3) is 0 Å². The number of aliphatic imine (C=N–C) groups is 1. The van der Waals surface area contributed by atoms with Crippen molar-refractivity contribution in [3.8, 4) is 0 Å². The maximum atomic E-state index is 5.95. The molecule has 1 unspecified atom stereocenters. The Bertz CT molecular complexity index is 875. The maximum Gasteiger partial charge on any atom is 0.194 e. The van der Waals surface area contributed by atoms with Crippen molar-refractivity contribution in [1.29, 1.82) is 0 Å². The number of fused-ring (bicyclic) bond motifs is 1. The van der Waals surface area contributed by atoms with Gasteiger partial charge in [0.2, 0.25) is 0 Å². The van der Waals surface area contributed by atoms with Crippen molar-refractivity contribution in [3.63, 3.8) is 0 Å². The summed E-state index contributed by atoms with van der Waals surface area (Å²) in [7, 11) is 0. The van der Waals surface area contributed by atoms with Gasteiger partial charge in [0.1, 0.15) is 0 Å².